The molecule has 0 saturated heterocycles. The quantitative estimate of drug-likeness (QED) is 0.582. The molecule has 0 aliphatic carbocycles. The molecule has 0 aliphatic rings. The fourth-order valence-electron chi connectivity index (χ4n) is 2.39. The maximum absolute atomic E-state index is 10.6. The van der Waals surface area contributed by atoms with E-state index < -0.39 is 0 Å². The maximum atomic E-state index is 10.6. The molecule has 4 heteroatoms. The van der Waals surface area contributed by atoms with Crippen LogP contribution in [0.3, 0.4) is 0 Å². The van der Waals surface area contributed by atoms with E-state index >= 15 is 0 Å². The Morgan fingerprint density at radius 1 is 1.08 bits per heavy atom. The summed E-state index contributed by atoms with van der Waals surface area (Å²) in [5.74, 6) is 0.453. The number of nitrogens with zero attached hydrogens (tertiary/aromatic N) is 2. The van der Waals surface area contributed by atoms with Crippen LogP contribution < -0.4 is 0 Å². The zero-order valence-corrected chi connectivity index (χ0v) is 15.7. The number of phenols is 1. The molecule has 0 saturated carbocycles. The summed E-state index contributed by atoms with van der Waals surface area (Å²) in [5.41, 5.74) is 3.08. The van der Waals surface area contributed by atoms with Gasteiger partial charge in [0.1, 0.15) is 17.1 Å². The Labute approximate surface area is 149 Å². The van der Waals surface area contributed by atoms with Gasteiger partial charge in [-0.1, -0.05) is 64.4 Å². The highest BCUT2D eigenvalue weighted by Gasteiger charge is 2.21. The second kappa shape index (κ2) is 7.35. The van der Waals surface area contributed by atoms with Crippen molar-refractivity contribution in [3.05, 3.63) is 52.5 Å². The van der Waals surface area contributed by atoms with E-state index in [0.717, 1.165) is 17.5 Å². The highest BCUT2D eigenvalue weighted by molar-refractivity contribution is 6.32. The molecule has 0 heterocycles. The fraction of sp³-hybridized carbons (Fsp3) is 0.400. The molecule has 2 rings (SSSR count). The number of aromatic hydroxyl groups is 1. The van der Waals surface area contributed by atoms with Gasteiger partial charge in [0.2, 0.25) is 0 Å². The van der Waals surface area contributed by atoms with E-state index in [-0.39, 0.29) is 17.1 Å². The molecule has 0 fully saturated rings. The highest BCUT2D eigenvalue weighted by atomic mass is 35.5. The number of rotatable bonds is 4. The lowest BCUT2D eigenvalue weighted by Crippen LogP contribution is -2.11. The first kappa shape index (κ1) is 18.5. The average molecular weight is 345 g/mol. The topological polar surface area (TPSA) is 45.0 Å². The van der Waals surface area contributed by atoms with Gasteiger partial charge in [0.05, 0.1) is 5.02 Å². The summed E-state index contributed by atoms with van der Waals surface area (Å²) in [7, 11) is 0. The second-order valence-corrected chi connectivity index (χ2v) is 7.55. The van der Waals surface area contributed by atoms with Gasteiger partial charge >= 0.3 is 0 Å². The van der Waals surface area contributed by atoms with Crippen LogP contribution in [-0.2, 0) is 5.41 Å². The molecule has 0 spiro atoms. The molecule has 0 aromatic heterocycles. The van der Waals surface area contributed by atoms with Gasteiger partial charge in [-0.05, 0) is 47.1 Å². The van der Waals surface area contributed by atoms with Crippen molar-refractivity contribution in [2.45, 2.75) is 52.4 Å². The van der Waals surface area contributed by atoms with Gasteiger partial charge < -0.3 is 5.11 Å². The minimum atomic E-state index is -0.0371. The molecule has 0 radical (unpaired) electrons. The minimum Gasteiger partial charge on any atom is -0.505 e. The molecule has 0 aliphatic heterocycles. The van der Waals surface area contributed by atoms with E-state index in [4.69, 9.17) is 11.6 Å². The van der Waals surface area contributed by atoms with Crippen LogP contribution >= 0.6 is 11.6 Å². The van der Waals surface area contributed by atoms with Crippen molar-refractivity contribution in [2.75, 3.05) is 0 Å². The Kier molecular flexibility index (Phi) is 5.66. The van der Waals surface area contributed by atoms with Crippen molar-refractivity contribution in [1.82, 2.24) is 0 Å². The SMILES string of the molecule is CCC(C)c1cc(C(C)(C)C)cc(N=Nc2ccccc2Cl)c1O. The summed E-state index contributed by atoms with van der Waals surface area (Å²) in [6.07, 6.45) is 0.947. The van der Waals surface area contributed by atoms with Crippen molar-refractivity contribution in [3.8, 4) is 5.75 Å². The summed E-state index contributed by atoms with van der Waals surface area (Å²) in [4.78, 5) is 0. The number of hydrogen-bond donors (Lipinski definition) is 1. The average Bonchev–Trinajstić information content (AvgIpc) is 2.53. The van der Waals surface area contributed by atoms with E-state index in [1.807, 2.05) is 18.2 Å². The molecule has 0 bridgehead atoms. The van der Waals surface area contributed by atoms with Crippen LogP contribution in [0.25, 0.3) is 0 Å². The van der Waals surface area contributed by atoms with Crippen LogP contribution in [0, 0.1) is 0 Å². The molecule has 2 aromatic rings. The minimum absolute atomic E-state index is 0.0371. The standard InChI is InChI=1S/C20H25ClN2O/c1-6-13(2)15-11-14(20(3,4)5)12-18(19(15)24)23-22-17-10-8-7-9-16(17)21/h7-13,24H,6H2,1-5H3. The molecule has 128 valence electrons. The summed E-state index contributed by atoms with van der Waals surface area (Å²) in [5, 5.41) is 19.7. The highest BCUT2D eigenvalue weighted by Crippen LogP contribution is 2.41. The van der Waals surface area contributed by atoms with Gasteiger partial charge in [0, 0.05) is 0 Å². The Morgan fingerprint density at radius 3 is 2.29 bits per heavy atom. The first-order chi connectivity index (χ1) is 11.2. The van der Waals surface area contributed by atoms with E-state index in [0.29, 0.717) is 16.4 Å². The van der Waals surface area contributed by atoms with E-state index in [2.05, 4.69) is 50.9 Å². The number of azo groups is 1. The van der Waals surface area contributed by atoms with Crippen LogP contribution in [0.1, 0.15) is 58.1 Å². The number of hydrogen-bond acceptors (Lipinski definition) is 3. The molecule has 1 unspecified atom stereocenters. The van der Waals surface area contributed by atoms with Crippen molar-refractivity contribution < 1.29 is 5.11 Å². The molecule has 24 heavy (non-hydrogen) atoms. The van der Waals surface area contributed by atoms with Crippen molar-refractivity contribution >= 4 is 23.0 Å². The van der Waals surface area contributed by atoms with Gasteiger partial charge in [-0.15, -0.1) is 10.2 Å². The normalized spacial score (nSPS) is 13.4. The molecular weight excluding hydrogens is 320 g/mol. The smallest absolute Gasteiger partial charge is 0.146 e. The van der Waals surface area contributed by atoms with Gasteiger partial charge in [0.25, 0.3) is 0 Å². The third-order valence-corrected chi connectivity index (χ3v) is 4.57. The molecule has 1 N–H and O–H groups in total. The predicted molar refractivity (Wildman–Crippen MR) is 101 cm³/mol. The lowest BCUT2D eigenvalue weighted by atomic mass is 9.83. The summed E-state index contributed by atoms with van der Waals surface area (Å²) >= 11 is 6.12. The monoisotopic (exact) mass is 344 g/mol. The van der Waals surface area contributed by atoms with Crippen LogP contribution in [0.15, 0.2) is 46.6 Å². The molecular formula is C20H25ClN2O. The number of benzene rings is 2. The van der Waals surface area contributed by atoms with Gasteiger partial charge in [-0.2, -0.15) is 0 Å². The Morgan fingerprint density at radius 2 is 1.71 bits per heavy atom. The third-order valence-electron chi connectivity index (χ3n) is 4.25. The van der Waals surface area contributed by atoms with E-state index in [1.165, 1.54) is 0 Å². The van der Waals surface area contributed by atoms with Crippen LogP contribution in [0.5, 0.6) is 5.75 Å². The van der Waals surface area contributed by atoms with Crippen LogP contribution in [0.4, 0.5) is 11.4 Å². The first-order valence-corrected chi connectivity index (χ1v) is 8.65. The fourth-order valence-corrected chi connectivity index (χ4v) is 2.56. The second-order valence-electron chi connectivity index (χ2n) is 7.14. The van der Waals surface area contributed by atoms with Gasteiger partial charge in [-0.25, -0.2) is 0 Å². The van der Waals surface area contributed by atoms with Crippen LogP contribution in [0.2, 0.25) is 5.02 Å². The Hall–Kier alpha value is -1.87. The summed E-state index contributed by atoms with van der Waals surface area (Å²) in [6, 6.07) is 11.3. The zero-order chi connectivity index (χ0) is 17.9. The third kappa shape index (κ3) is 4.15. The van der Waals surface area contributed by atoms with E-state index in [9.17, 15) is 5.11 Å². The number of phenolic OH excluding ortho intramolecular Hbond substituents is 1. The summed E-state index contributed by atoms with van der Waals surface area (Å²) in [6.45, 7) is 10.7. The lowest BCUT2D eigenvalue weighted by molar-refractivity contribution is 0.461. The molecule has 2 aromatic carbocycles. The maximum Gasteiger partial charge on any atom is 0.146 e. The number of halogens is 1. The Bertz CT molecular complexity index is 748. The van der Waals surface area contributed by atoms with Crippen LogP contribution in [-0.4, -0.2) is 5.11 Å². The zero-order valence-electron chi connectivity index (χ0n) is 15.0. The first-order valence-electron chi connectivity index (χ1n) is 8.27. The van der Waals surface area contributed by atoms with Crippen molar-refractivity contribution in [1.29, 1.82) is 0 Å². The molecule has 3 nitrogen and oxygen atoms in total. The summed E-state index contributed by atoms with van der Waals surface area (Å²) < 4.78 is 0. The van der Waals surface area contributed by atoms with Gasteiger partial charge in [0.15, 0.2) is 0 Å². The Balaban J connectivity index is 2.54. The van der Waals surface area contributed by atoms with E-state index in [1.54, 1.807) is 12.1 Å². The van der Waals surface area contributed by atoms with Crippen molar-refractivity contribution in [2.24, 2.45) is 10.2 Å². The van der Waals surface area contributed by atoms with Crippen molar-refractivity contribution in [3.63, 3.8) is 0 Å². The largest absolute Gasteiger partial charge is 0.505 e. The molecule has 1 atom stereocenters. The molecule has 0 amide bonds. The lowest BCUT2D eigenvalue weighted by Gasteiger charge is -2.23. The predicted octanol–water partition coefficient (Wildman–Crippen LogP) is 7.27. The van der Waals surface area contributed by atoms with Gasteiger partial charge in [-0.3, -0.25) is 0 Å².